The third-order valence-corrected chi connectivity index (χ3v) is 4.22. The fraction of sp³-hybridized carbons (Fsp3) is 0.619. The Bertz CT molecular complexity index is 652. The molecule has 6 heteroatoms. The van der Waals surface area contributed by atoms with E-state index in [1.54, 1.807) is 4.90 Å². The summed E-state index contributed by atoms with van der Waals surface area (Å²) in [5.41, 5.74) is 1.23. The Labute approximate surface area is 162 Å². The predicted octanol–water partition coefficient (Wildman–Crippen LogP) is 4.20. The van der Waals surface area contributed by atoms with Crippen molar-refractivity contribution in [2.24, 2.45) is 5.92 Å². The first-order chi connectivity index (χ1) is 12.6. The molecular formula is C21H32N2O4. The lowest BCUT2D eigenvalue weighted by molar-refractivity contribution is -0.121. The van der Waals surface area contributed by atoms with Gasteiger partial charge in [0.15, 0.2) is 0 Å². The van der Waals surface area contributed by atoms with Crippen LogP contribution in [0.15, 0.2) is 24.3 Å². The summed E-state index contributed by atoms with van der Waals surface area (Å²) in [6, 6.07) is 7.67. The summed E-state index contributed by atoms with van der Waals surface area (Å²) in [4.78, 5) is 26.6. The molecule has 1 unspecified atom stereocenters. The molecule has 0 aliphatic carbocycles. The Morgan fingerprint density at radius 2 is 2.04 bits per heavy atom. The standard InChI is InChI=1S/C21H32N2O4/c1-15(2)26-14-16-8-6-10-18(12-16)22-19(24)17-9-7-11-23(13-17)20(25)27-21(3,4)5/h6,8,10,12,15,17H,7,9,11,13-14H2,1-5H3,(H,22,24). The monoisotopic (exact) mass is 376 g/mol. The number of rotatable bonds is 5. The van der Waals surface area contributed by atoms with Gasteiger partial charge in [-0.05, 0) is 65.2 Å². The molecule has 1 aromatic rings. The molecule has 1 heterocycles. The molecule has 0 bridgehead atoms. The lowest BCUT2D eigenvalue weighted by Gasteiger charge is -2.33. The van der Waals surface area contributed by atoms with Crippen molar-refractivity contribution in [3.05, 3.63) is 29.8 Å². The van der Waals surface area contributed by atoms with Crippen LogP contribution in [-0.2, 0) is 20.9 Å². The quantitative estimate of drug-likeness (QED) is 0.836. The van der Waals surface area contributed by atoms with Crippen LogP contribution >= 0.6 is 0 Å². The van der Waals surface area contributed by atoms with Crippen LogP contribution in [0.4, 0.5) is 10.5 Å². The van der Waals surface area contributed by atoms with Gasteiger partial charge in [0.1, 0.15) is 5.60 Å². The van der Waals surface area contributed by atoms with Crippen LogP contribution in [0.25, 0.3) is 0 Å². The molecule has 1 aromatic carbocycles. The first-order valence-electron chi connectivity index (χ1n) is 9.63. The van der Waals surface area contributed by atoms with Gasteiger partial charge >= 0.3 is 6.09 Å². The summed E-state index contributed by atoms with van der Waals surface area (Å²) in [5.74, 6) is -0.299. The lowest BCUT2D eigenvalue weighted by Crippen LogP contribution is -2.45. The minimum Gasteiger partial charge on any atom is -0.444 e. The lowest BCUT2D eigenvalue weighted by atomic mass is 9.97. The van der Waals surface area contributed by atoms with E-state index in [1.165, 1.54) is 0 Å². The maximum atomic E-state index is 12.7. The molecular weight excluding hydrogens is 344 g/mol. The summed E-state index contributed by atoms with van der Waals surface area (Å²) in [5, 5.41) is 2.97. The second kappa shape index (κ2) is 9.22. The Morgan fingerprint density at radius 3 is 2.70 bits per heavy atom. The van der Waals surface area contributed by atoms with Crippen LogP contribution in [0.5, 0.6) is 0 Å². The fourth-order valence-electron chi connectivity index (χ4n) is 2.93. The van der Waals surface area contributed by atoms with Crippen molar-refractivity contribution in [3.8, 4) is 0 Å². The van der Waals surface area contributed by atoms with Crippen LogP contribution in [0, 0.1) is 5.92 Å². The maximum Gasteiger partial charge on any atom is 0.410 e. The van der Waals surface area contributed by atoms with Crippen molar-refractivity contribution in [1.82, 2.24) is 4.90 Å². The largest absolute Gasteiger partial charge is 0.444 e. The number of carbonyl (C=O) groups is 2. The number of anilines is 1. The first-order valence-corrected chi connectivity index (χ1v) is 9.63. The van der Waals surface area contributed by atoms with Crippen molar-refractivity contribution in [1.29, 1.82) is 0 Å². The van der Waals surface area contributed by atoms with E-state index in [2.05, 4.69) is 5.32 Å². The highest BCUT2D eigenvalue weighted by atomic mass is 16.6. The Balaban J connectivity index is 1.93. The molecule has 0 spiro atoms. The average molecular weight is 376 g/mol. The molecule has 1 N–H and O–H groups in total. The van der Waals surface area contributed by atoms with Gasteiger partial charge in [0, 0.05) is 18.8 Å². The average Bonchev–Trinajstić information content (AvgIpc) is 2.59. The number of hydrogen-bond donors (Lipinski definition) is 1. The first kappa shape index (κ1) is 21.2. The third kappa shape index (κ3) is 7.21. The van der Waals surface area contributed by atoms with Crippen LogP contribution in [-0.4, -0.2) is 41.7 Å². The molecule has 1 fully saturated rings. The summed E-state index contributed by atoms with van der Waals surface area (Å²) in [6.45, 7) is 11.0. The fourth-order valence-corrected chi connectivity index (χ4v) is 2.93. The van der Waals surface area contributed by atoms with Crippen LogP contribution in [0.3, 0.4) is 0 Å². The summed E-state index contributed by atoms with van der Waals surface area (Å²) in [7, 11) is 0. The van der Waals surface area contributed by atoms with E-state index in [0.29, 0.717) is 19.7 Å². The van der Waals surface area contributed by atoms with Gasteiger partial charge in [0.05, 0.1) is 18.6 Å². The summed E-state index contributed by atoms with van der Waals surface area (Å²) in [6.07, 6.45) is 1.36. The van der Waals surface area contributed by atoms with E-state index >= 15 is 0 Å². The number of carbonyl (C=O) groups excluding carboxylic acids is 2. The van der Waals surface area contributed by atoms with E-state index < -0.39 is 5.60 Å². The summed E-state index contributed by atoms with van der Waals surface area (Å²) < 4.78 is 11.0. The van der Waals surface area contributed by atoms with Crippen molar-refractivity contribution in [2.45, 2.75) is 65.8 Å². The highest BCUT2D eigenvalue weighted by Gasteiger charge is 2.31. The van der Waals surface area contributed by atoms with E-state index in [1.807, 2.05) is 58.9 Å². The smallest absolute Gasteiger partial charge is 0.410 e. The molecule has 1 atom stereocenters. The molecule has 0 aromatic heterocycles. The number of benzene rings is 1. The van der Waals surface area contributed by atoms with Crippen molar-refractivity contribution >= 4 is 17.7 Å². The maximum absolute atomic E-state index is 12.7. The second-order valence-corrected chi connectivity index (χ2v) is 8.31. The second-order valence-electron chi connectivity index (χ2n) is 8.31. The zero-order chi connectivity index (χ0) is 20.0. The highest BCUT2D eigenvalue weighted by molar-refractivity contribution is 5.93. The molecule has 2 rings (SSSR count). The van der Waals surface area contributed by atoms with E-state index in [4.69, 9.17) is 9.47 Å². The molecule has 1 aliphatic heterocycles. The van der Waals surface area contributed by atoms with Gasteiger partial charge in [-0.1, -0.05) is 12.1 Å². The highest BCUT2D eigenvalue weighted by Crippen LogP contribution is 2.21. The molecule has 0 radical (unpaired) electrons. The van der Waals surface area contributed by atoms with Gasteiger partial charge in [-0.3, -0.25) is 4.79 Å². The van der Waals surface area contributed by atoms with Gasteiger partial charge in [-0.15, -0.1) is 0 Å². The van der Waals surface area contributed by atoms with Crippen LogP contribution in [0.1, 0.15) is 53.0 Å². The third-order valence-electron chi connectivity index (χ3n) is 4.22. The minimum atomic E-state index is -0.537. The predicted molar refractivity (Wildman–Crippen MR) is 106 cm³/mol. The molecule has 150 valence electrons. The number of nitrogens with zero attached hydrogens (tertiary/aromatic N) is 1. The van der Waals surface area contributed by atoms with Gasteiger partial charge in [-0.25, -0.2) is 4.79 Å². The number of nitrogens with one attached hydrogen (secondary N) is 1. The summed E-state index contributed by atoms with van der Waals surface area (Å²) >= 11 is 0. The van der Waals surface area contributed by atoms with Gasteiger partial charge in [0.2, 0.25) is 5.91 Å². The topological polar surface area (TPSA) is 67.9 Å². The van der Waals surface area contributed by atoms with Crippen molar-refractivity contribution < 1.29 is 19.1 Å². The zero-order valence-corrected chi connectivity index (χ0v) is 17.1. The normalized spacial score (nSPS) is 17.7. The molecule has 0 saturated carbocycles. The van der Waals surface area contributed by atoms with Crippen molar-refractivity contribution in [3.63, 3.8) is 0 Å². The zero-order valence-electron chi connectivity index (χ0n) is 17.1. The van der Waals surface area contributed by atoms with Gasteiger partial charge < -0.3 is 19.7 Å². The Hall–Kier alpha value is -2.08. The molecule has 6 nitrogen and oxygen atoms in total. The Morgan fingerprint density at radius 1 is 1.30 bits per heavy atom. The number of likely N-dealkylation sites (tertiary alicyclic amines) is 1. The Kier molecular flexibility index (Phi) is 7.25. The SMILES string of the molecule is CC(C)OCc1cccc(NC(=O)C2CCCN(C(=O)OC(C)(C)C)C2)c1. The van der Waals surface area contributed by atoms with Crippen LogP contribution < -0.4 is 5.32 Å². The van der Waals surface area contributed by atoms with Gasteiger partial charge in [0.25, 0.3) is 0 Å². The van der Waals surface area contributed by atoms with Crippen LogP contribution in [0.2, 0.25) is 0 Å². The van der Waals surface area contributed by atoms with E-state index in [-0.39, 0.29) is 24.0 Å². The minimum absolute atomic E-state index is 0.0646. The number of hydrogen-bond acceptors (Lipinski definition) is 4. The molecule has 27 heavy (non-hydrogen) atoms. The van der Waals surface area contributed by atoms with E-state index in [9.17, 15) is 9.59 Å². The number of ether oxygens (including phenoxy) is 2. The molecule has 1 saturated heterocycles. The van der Waals surface area contributed by atoms with Gasteiger partial charge in [-0.2, -0.15) is 0 Å². The van der Waals surface area contributed by atoms with Crippen molar-refractivity contribution in [2.75, 3.05) is 18.4 Å². The number of amides is 2. The number of piperidine rings is 1. The molecule has 1 aliphatic rings. The molecule has 2 amide bonds. The van der Waals surface area contributed by atoms with E-state index in [0.717, 1.165) is 24.1 Å².